The number of likely N-dealkylation sites (tertiary alicyclic amines) is 1. The molecule has 2 heterocycles. The highest BCUT2D eigenvalue weighted by Gasteiger charge is 2.30. The van der Waals surface area contributed by atoms with Crippen molar-refractivity contribution in [3.05, 3.63) is 36.0 Å². The summed E-state index contributed by atoms with van der Waals surface area (Å²) >= 11 is 0. The van der Waals surface area contributed by atoms with E-state index in [0.29, 0.717) is 13.0 Å². The molecule has 132 valence electrons. The van der Waals surface area contributed by atoms with Crippen molar-refractivity contribution in [2.24, 2.45) is 5.73 Å². The monoisotopic (exact) mass is 351 g/mol. The first-order valence-electron chi connectivity index (χ1n) is 8.33. The van der Waals surface area contributed by atoms with E-state index in [0.717, 1.165) is 37.0 Å². The highest BCUT2D eigenvalue weighted by Crippen LogP contribution is 2.32. The Kier molecular flexibility index (Phi) is 6.66. The molecule has 2 atom stereocenters. The van der Waals surface area contributed by atoms with Crippen LogP contribution in [0.25, 0.3) is 10.9 Å². The van der Waals surface area contributed by atoms with Gasteiger partial charge in [-0.25, -0.2) is 0 Å². The topological polar surface area (TPSA) is 71.3 Å². The molecule has 1 aromatic heterocycles. The van der Waals surface area contributed by atoms with Crippen molar-refractivity contribution in [1.82, 2.24) is 9.88 Å². The Morgan fingerprint density at radius 2 is 2.21 bits per heavy atom. The lowest BCUT2D eigenvalue weighted by molar-refractivity contribution is -0.137. The fourth-order valence-electron chi connectivity index (χ4n) is 3.40. The Labute approximate surface area is 148 Å². The predicted molar refractivity (Wildman–Crippen MR) is 98.3 cm³/mol. The van der Waals surface area contributed by atoms with Gasteiger partial charge in [-0.05, 0) is 36.8 Å². The molecule has 5 nitrogen and oxygen atoms in total. The third-order valence-electron chi connectivity index (χ3n) is 4.73. The van der Waals surface area contributed by atoms with E-state index in [1.807, 2.05) is 17.0 Å². The second-order valence-corrected chi connectivity index (χ2v) is 6.21. The number of piperidine rings is 1. The molecule has 0 radical (unpaired) electrons. The minimum Gasteiger partial charge on any atom is -0.380 e. The SMILES string of the molecule is COC(CN)CC(=O)N1CCCCC1c1cc2ccccc2[nH]1.Cl. The number of para-hydroxylation sites is 1. The van der Waals surface area contributed by atoms with Gasteiger partial charge in [0.05, 0.1) is 18.6 Å². The molecule has 3 N–H and O–H groups in total. The number of nitrogens with zero attached hydrogens (tertiary/aromatic N) is 1. The van der Waals surface area contributed by atoms with Gasteiger partial charge in [0, 0.05) is 31.4 Å². The Bertz CT molecular complexity index is 636. The van der Waals surface area contributed by atoms with Crippen molar-refractivity contribution in [1.29, 1.82) is 0 Å². The van der Waals surface area contributed by atoms with E-state index in [1.54, 1.807) is 7.11 Å². The van der Waals surface area contributed by atoms with Crippen molar-refractivity contribution < 1.29 is 9.53 Å². The molecule has 2 aromatic rings. The third kappa shape index (κ3) is 3.91. The number of benzene rings is 1. The molecule has 0 saturated carbocycles. The minimum atomic E-state index is -0.201. The van der Waals surface area contributed by atoms with Gasteiger partial charge in [-0.3, -0.25) is 4.79 Å². The quantitative estimate of drug-likeness (QED) is 0.869. The van der Waals surface area contributed by atoms with Crippen LogP contribution in [0.1, 0.15) is 37.4 Å². The molecule has 2 unspecified atom stereocenters. The van der Waals surface area contributed by atoms with Crippen molar-refractivity contribution in [3.8, 4) is 0 Å². The van der Waals surface area contributed by atoms with E-state index in [2.05, 4.69) is 23.2 Å². The highest BCUT2D eigenvalue weighted by molar-refractivity contribution is 5.85. The van der Waals surface area contributed by atoms with Gasteiger partial charge in [-0.1, -0.05) is 18.2 Å². The standard InChI is InChI=1S/C18H25N3O2.ClH/c1-23-14(12-19)11-18(22)21-9-5-4-8-17(21)16-10-13-6-2-3-7-15(13)20-16;/h2-3,6-7,10,14,17,20H,4-5,8-9,11-12,19H2,1H3;1H. The lowest BCUT2D eigenvalue weighted by atomic mass is 9.98. The number of methoxy groups -OCH3 is 1. The molecule has 1 amide bonds. The highest BCUT2D eigenvalue weighted by atomic mass is 35.5. The molecule has 0 spiro atoms. The van der Waals surface area contributed by atoms with Crippen LogP contribution in [0.15, 0.2) is 30.3 Å². The summed E-state index contributed by atoms with van der Waals surface area (Å²) in [5.41, 5.74) is 7.90. The summed E-state index contributed by atoms with van der Waals surface area (Å²) in [7, 11) is 1.61. The van der Waals surface area contributed by atoms with Crippen LogP contribution in [0.5, 0.6) is 0 Å². The number of amides is 1. The number of ether oxygens (including phenoxy) is 1. The fourth-order valence-corrected chi connectivity index (χ4v) is 3.40. The number of rotatable bonds is 5. The molecule has 1 aliphatic heterocycles. The summed E-state index contributed by atoms with van der Waals surface area (Å²) in [6.45, 7) is 1.17. The zero-order valence-corrected chi connectivity index (χ0v) is 14.8. The number of hydrogen-bond acceptors (Lipinski definition) is 3. The molecule has 0 aliphatic carbocycles. The largest absolute Gasteiger partial charge is 0.380 e. The molecule has 0 bridgehead atoms. The van der Waals surface area contributed by atoms with Gasteiger partial charge in [-0.2, -0.15) is 0 Å². The van der Waals surface area contributed by atoms with Crippen LogP contribution in [-0.4, -0.2) is 42.1 Å². The van der Waals surface area contributed by atoms with Crippen LogP contribution in [0.2, 0.25) is 0 Å². The van der Waals surface area contributed by atoms with Gasteiger partial charge in [0.2, 0.25) is 5.91 Å². The number of halogens is 1. The molecule has 24 heavy (non-hydrogen) atoms. The molecule has 1 fully saturated rings. The maximum atomic E-state index is 12.7. The first kappa shape index (κ1) is 18.8. The van der Waals surface area contributed by atoms with Crippen LogP contribution >= 0.6 is 12.4 Å². The van der Waals surface area contributed by atoms with E-state index < -0.39 is 0 Å². The molecule has 1 aromatic carbocycles. The summed E-state index contributed by atoms with van der Waals surface area (Å²) in [5, 5.41) is 1.19. The van der Waals surface area contributed by atoms with E-state index in [4.69, 9.17) is 10.5 Å². The summed E-state index contributed by atoms with van der Waals surface area (Å²) in [6, 6.07) is 10.5. The second kappa shape index (κ2) is 8.51. The Morgan fingerprint density at radius 1 is 1.42 bits per heavy atom. The first-order valence-corrected chi connectivity index (χ1v) is 8.33. The van der Waals surface area contributed by atoms with Crippen LogP contribution in [0, 0.1) is 0 Å². The number of nitrogens with one attached hydrogen (secondary N) is 1. The average molecular weight is 352 g/mol. The molecule has 1 aliphatic rings. The number of carbonyl (C=O) groups excluding carboxylic acids is 1. The molecular formula is C18H26ClN3O2. The third-order valence-corrected chi connectivity index (χ3v) is 4.73. The summed E-state index contributed by atoms with van der Waals surface area (Å²) in [5.74, 6) is 0.130. The zero-order chi connectivity index (χ0) is 16.2. The van der Waals surface area contributed by atoms with Gasteiger partial charge in [0.1, 0.15) is 0 Å². The Balaban J connectivity index is 0.00000208. The Hall–Kier alpha value is -1.56. The lowest BCUT2D eigenvalue weighted by Gasteiger charge is -2.36. The predicted octanol–water partition coefficient (Wildman–Crippen LogP) is 3.01. The van der Waals surface area contributed by atoms with Crippen molar-refractivity contribution in [2.75, 3.05) is 20.2 Å². The van der Waals surface area contributed by atoms with E-state index >= 15 is 0 Å². The van der Waals surface area contributed by atoms with E-state index in [-0.39, 0.29) is 30.5 Å². The van der Waals surface area contributed by atoms with Crippen LogP contribution in [0.3, 0.4) is 0 Å². The van der Waals surface area contributed by atoms with Crippen LogP contribution in [0.4, 0.5) is 0 Å². The second-order valence-electron chi connectivity index (χ2n) is 6.21. The van der Waals surface area contributed by atoms with Gasteiger partial charge < -0.3 is 20.4 Å². The van der Waals surface area contributed by atoms with Gasteiger partial charge >= 0.3 is 0 Å². The molecular weight excluding hydrogens is 326 g/mol. The number of H-pyrrole nitrogens is 1. The summed E-state index contributed by atoms with van der Waals surface area (Å²) < 4.78 is 5.27. The van der Waals surface area contributed by atoms with Gasteiger partial charge in [0.25, 0.3) is 0 Å². The number of aromatic nitrogens is 1. The number of fused-ring (bicyclic) bond motifs is 1. The van der Waals surface area contributed by atoms with Crippen molar-refractivity contribution >= 4 is 29.2 Å². The van der Waals surface area contributed by atoms with Crippen molar-refractivity contribution in [2.45, 2.75) is 37.8 Å². The number of hydrogen-bond donors (Lipinski definition) is 2. The molecule has 3 rings (SSSR count). The maximum absolute atomic E-state index is 12.7. The molecule has 6 heteroatoms. The van der Waals surface area contributed by atoms with E-state index in [1.165, 1.54) is 5.39 Å². The number of carbonyl (C=O) groups is 1. The maximum Gasteiger partial charge on any atom is 0.225 e. The van der Waals surface area contributed by atoms with Crippen molar-refractivity contribution in [3.63, 3.8) is 0 Å². The average Bonchev–Trinajstić information content (AvgIpc) is 3.03. The number of aromatic amines is 1. The first-order chi connectivity index (χ1) is 11.2. The fraction of sp³-hybridized carbons (Fsp3) is 0.500. The van der Waals surface area contributed by atoms with Crippen LogP contribution < -0.4 is 5.73 Å². The normalized spacial score (nSPS) is 19.1. The Morgan fingerprint density at radius 3 is 2.92 bits per heavy atom. The summed E-state index contributed by atoms with van der Waals surface area (Å²) in [4.78, 5) is 18.2. The zero-order valence-electron chi connectivity index (χ0n) is 14.0. The summed E-state index contributed by atoms with van der Waals surface area (Å²) in [6.07, 6.45) is 3.35. The van der Waals surface area contributed by atoms with Gasteiger partial charge in [-0.15, -0.1) is 12.4 Å². The minimum absolute atomic E-state index is 0. The smallest absolute Gasteiger partial charge is 0.225 e. The van der Waals surface area contributed by atoms with Crippen LogP contribution in [-0.2, 0) is 9.53 Å². The van der Waals surface area contributed by atoms with E-state index in [9.17, 15) is 4.79 Å². The van der Waals surface area contributed by atoms with Gasteiger partial charge in [0.15, 0.2) is 0 Å². The lowest BCUT2D eigenvalue weighted by Crippen LogP contribution is -2.41. The molecule has 1 saturated heterocycles. The number of nitrogens with two attached hydrogens (primary N) is 1.